The van der Waals surface area contributed by atoms with E-state index in [4.69, 9.17) is 5.73 Å². The van der Waals surface area contributed by atoms with E-state index in [1.165, 1.54) is 6.92 Å². The van der Waals surface area contributed by atoms with Crippen molar-refractivity contribution in [2.45, 2.75) is 32.4 Å². The van der Waals surface area contributed by atoms with Gasteiger partial charge in [-0.25, -0.2) is 15.1 Å². The Balaban J connectivity index is 2.48. The fraction of sp³-hybridized carbons (Fsp3) is 0.400. The summed E-state index contributed by atoms with van der Waals surface area (Å²) in [6, 6.07) is 8.68. The van der Waals surface area contributed by atoms with Crippen LogP contribution in [0.3, 0.4) is 0 Å². The summed E-state index contributed by atoms with van der Waals surface area (Å²) in [6.07, 6.45) is 0.749. The number of amides is 2. The summed E-state index contributed by atoms with van der Waals surface area (Å²) in [5, 5.41) is 14.7. The maximum absolute atomic E-state index is 12.2. The van der Waals surface area contributed by atoms with E-state index in [2.05, 4.69) is 15.6 Å². The first-order valence-electron chi connectivity index (χ1n) is 7.68. The van der Waals surface area contributed by atoms with Gasteiger partial charge in [-0.05, 0) is 18.4 Å². The molecule has 1 atom stereocenters. The van der Waals surface area contributed by atoms with Crippen LogP contribution >= 0.6 is 0 Å². The number of hydrazine groups is 1. The summed E-state index contributed by atoms with van der Waals surface area (Å²) in [5.41, 5.74) is 7.96. The van der Waals surface area contributed by atoms with Gasteiger partial charge in [0.05, 0.1) is 0 Å². The molecule has 1 aromatic carbocycles. The fourth-order valence-electron chi connectivity index (χ4n) is 2.05. The Morgan fingerprint density at radius 1 is 1.32 bits per heavy atom. The molecular weight excluding hydrogens is 328 g/mol. The molecule has 0 radical (unpaired) electrons. The van der Waals surface area contributed by atoms with Crippen LogP contribution in [0, 0.1) is 10.1 Å². The number of nitrogens with one attached hydrogen (secondary N) is 3. The van der Waals surface area contributed by atoms with E-state index in [0.29, 0.717) is 19.4 Å². The Bertz CT molecular complexity index is 620. The third kappa shape index (κ3) is 8.89. The average molecular weight is 350 g/mol. The average Bonchev–Trinajstić information content (AvgIpc) is 2.55. The van der Waals surface area contributed by atoms with Crippen molar-refractivity contribution in [3.8, 4) is 0 Å². The van der Waals surface area contributed by atoms with Gasteiger partial charge < -0.3 is 16.4 Å². The van der Waals surface area contributed by atoms with Crippen LogP contribution in [0.15, 0.2) is 35.3 Å². The van der Waals surface area contributed by atoms with Crippen molar-refractivity contribution in [2.75, 3.05) is 6.54 Å². The van der Waals surface area contributed by atoms with Crippen LogP contribution in [0.5, 0.6) is 0 Å². The molecule has 2 amide bonds. The zero-order valence-electron chi connectivity index (χ0n) is 13.9. The molecule has 0 saturated carbocycles. The Hall–Kier alpha value is -3.17. The van der Waals surface area contributed by atoms with Crippen LogP contribution in [0.4, 0.5) is 0 Å². The molecule has 1 aromatic rings. The van der Waals surface area contributed by atoms with Crippen molar-refractivity contribution in [1.82, 2.24) is 16.1 Å². The number of nitrogens with two attached hydrogens (primary N) is 1. The van der Waals surface area contributed by atoms with Gasteiger partial charge >= 0.3 is 0 Å². The van der Waals surface area contributed by atoms with Crippen molar-refractivity contribution in [3.63, 3.8) is 0 Å². The molecule has 0 aliphatic heterocycles. The Labute approximate surface area is 145 Å². The van der Waals surface area contributed by atoms with Gasteiger partial charge in [0.1, 0.15) is 6.04 Å². The van der Waals surface area contributed by atoms with Crippen molar-refractivity contribution in [1.29, 1.82) is 0 Å². The van der Waals surface area contributed by atoms with Crippen molar-refractivity contribution >= 4 is 17.8 Å². The number of benzene rings is 1. The van der Waals surface area contributed by atoms with Gasteiger partial charge in [0, 0.05) is 20.0 Å². The molecule has 136 valence electrons. The maximum Gasteiger partial charge on any atom is 0.251 e. The van der Waals surface area contributed by atoms with Crippen LogP contribution in [-0.2, 0) is 16.1 Å². The van der Waals surface area contributed by atoms with Gasteiger partial charge in [-0.2, -0.15) is 0 Å². The van der Waals surface area contributed by atoms with Gasteiger partial charge in [0.2, 0.25) is 11.8 Å². The molecule has 0 unspecified atom stereocenters. The molecule has 0 saturated heterocycles. The summed E-state index contributed by atoms with van der Waals surface area (Å²) >= 11 is 0. The molecule has 5 N–H and O–H groups in total. The van der Waals surface area contributed by atoms with Crippen molar-refractivity contribution in [2.24, 2.45) is 10.7 Å². The molecule has 0 bridgehead atoms. The number of carbonyl (C=O) groups is 2. The first kappa shape index (κ1) is 19.9. The molecule has 0 aliphatic carbocycles. The third-order valence-corrected chi connectivity index (χ3v) is 3.14. The summed E-state index contributed by atoms with van der Waals surface area (Å²) in [7, 11) is 0. The monoisotopic (exact) mass is 350 g/mol. The van der Waals surface area contributed by atoms with Gasteiger partial charge in [0.25, 0.3) is 5.96 Å². The van der Waals surface area contributed by atoms with Crippen LogP contribution in [0.2, 0.25) is 0 Å². The topological polar surface area (TPSA) is 152 Å². The van der Waals surface area contributed by atoms with Crippen molar-refractivity contribution in [3.05, 3.63) is 46.0 Å². The zero-order valence-corrected chi connectivity index (χ0v) is 13.9. The van der Waals surface area contributed by atoms with Gasteiger partial charge in [0.15, 0.2) is 5.03 Å². The van der Waals surface area contributed by atoms with Crippen LogP contribution in [0.25, 0.3) is 0 Å². The van der Waals surface area contributed by atoms with Crippen molar-refractivity contribution < 1.29 is 14.6 Å². The highest BCUT2D eigenvalue weighted by Crippen LogP contribution is 2.01. The number of nitro groups is 1. The van der Waals surface area contributed by atoms with E-state index in [0.717, 1.165) is 5.56 Å². The van der Waals surface area contributed by atoms with Gasteiger partial charge in [-0.15, -0.1) is 0 Å². The second kappa shape index (κ2) is 10.6. The number of aliphatic imine (C=N–C) groups is 1. The van der Waals surface area contributed by atoms with E-state index in [9.17, 15) is 19.7 Å². The number of rotatable bonds is 9. The lowest BCUT2D eigenvalue weighted by atomic mass is 10.1. The molecule has 0 heterocycles. The molecule has 10 heteroatoms. The zero-order chi connectivity index (χ0) is 18.7. The molecular formula is C15H22N6O4. The first-order chi connectivity index (χ1) is 11.9. The standard InChI is InChI=1S/C15H22N6O4/c1-11(22)19-13(8-5-9-17-15(16)20-21(24)25)14(23)18-10-12-6-3-2-4-7-12/h2-4,6-7,13H,5,8-10H2,1H3,(H,18,23)(H,19,22)(H3,16,17,20)/t13-/m1/s1. The normalized spacial score (nSPS) is 12.1. The predicted octanol–water partition coefficient (Wildman–Crippen LogP) is -0.316. The molecule has 0 spiro atoms. The minimum atomic E-state index is -0.810. The quantitative estimate of drug-likeness (QED) is 0.157. The van der Waals surface area contributed by atoms with E-state index < -0.39 is 11.1 Å². The second-order valence-corrected chi connectivity index (χ2v) is 5.23. The molecule has 0 aromatic heterocycles. The Morgan fingerprint density at radius 3 is 2.60 bits per heavy atom. The summed E-state index contributed by atoms with van der Waals surface area (Å²) < 4.78 is 0. The Morgan fingerprint density at radius 2 is 2.00 bits per heavy atom. The fourth-order valence-corrected chi connectivity index (χ4v) is 2.05. The summed E-state index contributed by atoms with van der Waals surface area (Å²) in [4.78, 5) is 37.5. The van der Waals surface area contributed by atoms with E-state index in [-0.39, 0.29) is 24.3 Å². The first-order valence-corrected chi connectivity index (χ1v) is 7.68. The van der Waals surface area contributed by atoms with E-state index in [1.54, 1.807) is 5.43 Å². The number of nitrogens with zero attached hydrogens (tertiary/aromatic N) is 2. The molecule has 1 rings (SSSR count). The molecule has 0 fully saturated rings. The third-order valence-electron chi connectivity index (χ3n) is 3.14. The lowest BCUT2D eigenvalue weighted by Gasteiger charge is -2.17. The van der Waals surface area contributed by atoms with Crippen LogP contribution < -0.4 is 21.8 Å². The lowest BCUT2D eigenvalue weighted by molar-refractivity contribution is -0.525. The smallest absolute Gasteiger partial charge is 0.251 e. The maximum atomic E-state index is 12.2. The highest BCUT2D eigenvalue weighted by Gasteiger charge is 2.18. The van der Waals surface area contributed by atoms with Gasteiger partial charge in [-0.1, -0.05) is 35.8 Å². The number of guanidine groups is 1. The number of hydrogen-bond acceptors (Lipinski definition) is 5. The highest BCUT2D eigenvalue weighted by atomic mass is 16.7. The van der Waals surface area contributed by atoms with E-state index in [1.807, 2.05) is 30.3 Å². The Kier molecular flexibility index (Phi) is 8.41. The summed E-state index contributed by atoms with van der Waals surface area (Å²) in [6.45, 7) is 1.87. The molecule has 10 nitrogen and oxygen atoms in total. The molecule has 0 aliphatic rings. The SMILES string of the molecule is CC(=O)N[C@H](CCCN=C(N)N[N+](=O)[O-])C(=O)NCc1ccccc1. The second-order valence-electron chi connectivity index (χ2n) is 5.23. The van der Waals surface area contributed by atoms with Gasteiger partial charge in [-0.3, -0.25) is 9.59 Å². The number of carbonyl (C=O) groups excluding carboxylic acids is 2. The predicted molar refractivity (Wildman–Crippen MR) is 91.7 cm³/mol. The largest absolute Gasteiger partial charge is 0.365 e. The van der Waals surface area contributed by atoms with E-state index >= 15 is 0 Å². The number of hydrogen-bond donors (Lipinski definition) is 4. The van der Waals surface area contributed by atoms with Crippen LogP contribution in [-0.4, -0.2) is 35.4 Å². The summed E-state index contributed by atoms with van der Waals surface area (Å²) in [5.74, 6) is -0.938. The van der Waals surface area contributed by atoms with Crippen LogP contribution in [0.1, 0.15) is 25.3 Å². The minimum Gasteiger partial charge on any atom is -0.365 e. The minimum absolute atomic E-state index is 0.189. The highest BCUT2D eigenvalue weighted by molar-refractivity contribution is 5.86. The molecule has 25 heavy (non-hydrogen) atoms. The lowest BCUT2D eigenvalue weighted by Crippen LogP contribution is -2.45.